The fourth-order valence-electron chi connectivity index (χ4n) is 1.86. The van der Waals surface area contributed by atoms with Crippen molar-refractivity contribution >= 4 is 11.8 Å². The Morgan fingerprint density at radius 1 is 1.50 bits per heavy atom. The third-order valence-corrected chi connectivity index (χ3v) is 3.76. The van der Waals surface area contributed by atoms with Crippen molar-refractivity contribution in [3.8, 4) is 5.75 Å². The van der Waals surface area contributed by atoms with E-state index in [0.29, 0.717) is 0 Å². The first-order valence-corrected chi connectivity index (χ1v) is 6.56. The summed E-state index contributed by atoms with van der Waals surface area (Å²) >= 11 is 1.89. The fourth-order valence-corrected chi connectivity index (χ4v) is 2.77. The molecule has 1 aliphatic rings. The summed E-state index contributed by atoms with van der Waals surface area (Å²) in [5, 5.41) is 0. The first kappa shape index (κ1) is 11.8. The largest absolute Gasteiger partial charge is 0.496 e. The van der Waals surface area contributed by atoms with Crippen molar-refractivity contribution < 1.29 is 9.47 Å². The summed E-state index contributed by atoms with van der Waals surface area (Å²) in [6.45, 7) is 0.790. The smallest absolute Gasteiger partial charge is 0.123 e. The van der Waals surface area contributed by atoms with Gasteiger partial charge in [0, 0.05) is 17.1 Å². The third kappa shape index (κ3) is 2.51. The highest BCUT2D eigenvalue weighted by atomic mass is 32.2. The number of hydrogen-bond acceptors (Lipinski definition) is 4. The van der Waals surface area contributed by atoms with Crippen molar-refractivity contribution in [2.24, 2.45) is 5.73 Å². The van der Waals surface area contributed by atoms with E-state index >= 15 is 0 Å². The van der Waals surface area contributed by atoms with Gasteiger partial charge in [-0.3, -0.25) is 0 Å². The van der Waals surface area contributed by atoms with E-state index in [-0.39, 0.29) is 12.1 Å². The zero-order valence-electron chi connectivity index (χ0n) is 9.39. The van der Waals surface area contributed by atoms with Gasteiger partial charge >= 0.3 is 0 Å². The molecule has 0 bridgehead atoms. The van der Waals surface area contributed by atoms with Gasteiger partial charge in [-0.25, -0.2) is 0 Å². The molecule has 0 spiro atoms. The van der Waals surface area contributed by atoms with Crippen molar-refractivity contribution in [1.82, 2.24) is 0 Å². The topological polar surface area (TPSA) is 44.5 Å². The van der Waals surface area contributed by atoms with Gasteiger partial charge in [-0.05, 0) is 6.07 Å². The van der Waals surface area contributed by atoms with Crippen LogP contribution in [0.5, 0.6) is 5.75 Å². The van der Waals surface area contributed by atoms with Crippen LogP contribution < -0.4 is 10.5 Å². The second kappa shape index (κ2) is 5.57. The molecule has 2 unspecified atom stereocenters. The number of methoxy groups -OCH3 is 1. The van der Waals surface area contributed by atoms with Gasteiger partial charge < -0.3 is 15.2 Å². The van der Waals surface area contributed by atoms with Crippen LogP contribution in [-0.2, 0) is 4.74 Å². The number of rotatable bonds is 3. The van der Waals surface area contributed by atoms with E-state index in [1.807, 2.05) is 36.0 Å². The average molecular weight is 239 g/mol. The van der Waals surface area contributed by atoms with Gasteiger partial charge in [0.2, 0.25) is 0 Å². The fraction of sp³-hybridized carbons (Fsp3) is 0.500. The Labute approximate surface area is 100 Å². The van der Waals surface area contributed by atoms with Crippen LogP contribution in [0.3, 0.4) is 0 Å². The Hall–Kier alpha value is -0.710. The van der Waals surface area contributed by atoms with E-state index in [0.717, 1.165) is 29.4 Å². The highest BCUT2D eigenvalue weighted by molar-refractivity contribution is 7.99. The molecule has 0 aromatic heterocycles. The van der Waals surface area contributed by atoms with Crippen LogP contribution in [-0.4, -0.2) is 31.3 Å². The van der Waals surface area contributed by atoms with E-state index in [1.165, 1.54) is 0 Å². The van der Waals surface area contributed by atoms with Crippen molar-refractivity contribution in [3.05, 3.63) is 29.8 Å². The number of hydrogen-bond donors (Lipinski definition) is 1. The molecule has 0 aliphatic carbocycles. The van der Waals surface area contributed by atoms with Gasteiger partial charge in [0.15, 0.2) is 0 Å². The first-order valence-electron chi connectivity index (χ1n) is 5.41. The summed E-state index contributed by atoms with van der Waals surface area (Å²) < 4.78 is 11.0. The van der Waals surface area contributed by atoms with E-state index in [9.17, 15) is 0 Å². The van der Waals surface area contributed by atoms with Crippen molar-refractivity contribution in [3.63, 3.8) is 0 Å². The number of ether oxygens (including phenoxy) is 2. The van der Waals surface area contributed by atoms with E-state index < -0.39 is 0 Å². The van der Waals surface area contributed by atoms with Gasteiger partial charge in [0.25, 0.3) is 0 Å². The number of thioether (sulfide) groups is 1. The minimum Gasteiger partial charge on any atom is -0.496 e. The molecule has 2 rings (SSSR count). The molecule has 0 radical (unpaired) electrons. The Balaban J connectivity index is 2.15. The predicted octanol–water partition coefficient (Wildman–Crippen LogP) is 1.83. The summed E-state index contributed by atoms with van der Waals surface area (Å²) in [6, 6.07) is 7.76. The molecule has 2 atom stereocenters. The molecular weight excluding hydrogens is 222 g/mol. The minimum absolute atomic E-state index is 0.0926. The third-order valence-electron chi connectivity index (χ3n) is 2.74. The van der Waals surface area contributed by atoms with Gasteiger partial charge in [0.05, 0.1) is 25.9 Å². The van der Waals surface area contributed by atoms with E-state index in [4.69, 9.17) is 15.2 Å². The predicted molar refractivity (Wildman–Crippen MR) is 67.0 cm³/mol. The zero-order valence-corrected chi connectivity index (χ0v) is 10.2. The summed E-state index contributed by atoms with van der Waals surface area (Å²) in [6.07, 6.45) is 0.0926. The van der Waals surface area contributed by atoms with Gasteiger partial charge in [-0.2, -0.15) is 11.8 Å². The quantitative estimate of drug-likeness (QED) is 0.874. The Bertz CT molecular complexity index is 340. The minimum atomic E-state index is -0.107. The van der Waals surface area contributed by atoms with Crippen LogP contribution >= 0.6 is 11.8 Å². The molecule has 1 saturated heterocycles. The van der Waals surface area contributed by atoms with E-state index in [1.54, 1.807) is 7.11 Å². The highest BCUT2D eigenvalue weighted by Crippen LogP contribution is 2.29. The molecule has 1 heterocycles. The van der Waals surface area contributed by atoms with Gasteiger partial charge in [-0.1, -0.05) is 18.2 Å². The Morgan fingerprint density at radius 3 is 3.00 bits per heavy atom. The lowest BCUT2D eigenvalue weighted by atomic mass is 10.0. The maximum atomic E-state index is 6.23. The molecule has 1 aliphatic heterocycles. The summed E-state index contributed by atoms with van der Waals surface area (Å²) in [7, 11) is 1.67. The molecule has 0 saturated carbocycles. The molecular formula is C12H17NO2S. The highest BCUT2D eigenvalue weighted by Gasteiger charge is 2.24. The van der Waals surface area contributed by atoms with Gasteiger partial charge in [0.1, 0.15) is 5.75 Å². The zero-order chi connectivity index (χ0) is 11.4. The molecule has 1 fully saturated rings. The van der Waals surface area contributed by atoms with Crippen LogP contribution in [0.25, 0.3) is 0 Å². The number of nitrogens with two attached hydrogens (primary N) is 1. The number of para-hydroxylation sites is 1. The van der Waals surface area contributed by atoms with Crippen molar-refractivity contribution in [2.75, 3.05) is 25.2 Å². The molecule has 1 aromatic carbocycles. The summed E-state index contributed by atoms with van der Waals surface area (Å²) in [5.41, 5.74) is 7.25. The lowest BCUT2D eigenvalue weighted by Crippen LogP contribution is -2.34. The van der Waals surface area contributed by atoms with Crippen LogP contribution in [0.4, 0.5) is 0 Å². The summed E-state index contributed by atoms with van der Waals surface area (Å²) in [4.78, 5) is 0. The molecule has 2 N–H and O–H groups in total. The summed E-state index contributed by atoms with van der Waals surface area (Å²) in [5.74, 6) is 2.86. The Kier molecular flexibility index (Phi) is 4.09. The van der Waals surface area contributed by atoms with E-state index in [2.05, 4.69) is 0 Å². The molecule has 4 heteroatoms. The Morgan fingerprint density at radius 2 is 2.31 bits per heavy atom. The molecule has 88 valence electrons. The van der Waals surface area contributed by atoms with Crippen LogP contribution in [0.15, 0.2) is 24.3 Å². The molecule has 16 heavy (non-hydrogen) atoms. The van der Waals surface area contributed by atoms with Crippen molar-refractivity contribution in [2.45, 2.75) is 12.1 Å². The van der Waals surface area contributed by atoms with Crippen LogP contribution in [0, 0.1) is 0 Å². The molecule has 1 aromatic rings. The average Bonchev–Trinajstić information content (AvgIpc) is 2.39. The van der Waals surface area contributed by atoms with Crippen molar-refractivity contribution in [1.29, 1.82) is 0 Å². The normalized spacial score (nSPS) is 22.8. The molecule has 0 amide bonds. The standard InChI is InChI=1S/C12H17NO2S/c1-14-10-5-3-2-4-9(10)12(13)11-8-16-7-6-15-11/h2-5,11-12H,6-8,13H2,1H3. The lowest BCUT2D eigenvalue weighted by molar-refractivity contribution is 0.0563. The lowest BCUT2D eigenvalue weighted by Gasteiger charge is -2.28. The van der Waals surface area contributed by atoms with Gasteiger partial charge in [-0.15, -0.1) is 0 Å². The maximum absolute atomic E-state index is 6.23. The molecule has 3 nitrogen and oxygen atoms in total. The maximum Gasteiger partial charge on any atom is 0.123 e. The SMILES string of the molecule is COc1ccccc1C(N)C1CSCCO1. The van der Waals surface area contributed by atoms with Crippen LogP contribution in [0.2, 0.25) is 0 Å². The number of benzene rings is 1. The first-order chi connectivity index (χ1) is 7.83. The monoisotopic (exact) mass is 239 g/mol. The second-order valence-corrected chi connectivity index (χ2v) is 4.90. The van der Waals surface area contributed by atoms with Crippen LogP contribution in [0.1, 0.15) is 11.6 Å². The second-order valence-electron chi connectivity index (χ2n) is 3.75.